The summed E-state index contributed by atoms with van der Waals surface area (Å²) in [6.45, 7) is 8.11. The Bertz CT molecular complexity index is 528. The molecule has 3 unspecified atom stereocenters. The van der Waals surface area contributed by atoms with Gasteiger partial charge in [-0.25, -0.2) is 4.79 Å². The summed E-state index contributed by atoms with van der Waals surface area (Å²) in [4.78, 5) is 23.5. The summed E-state index contributed by atoms with van der Waals surface area (Å²) in [7, 11) is 1.49. The quantitative estimate of drug-likeness (QED) is 0.375. The van der Waals surface area contributed by atoms with Gasteiger partial charge in [-0.1, -0.05) is 52.7 Å². The molecule has 0 heterocycles. The first kappa shape index (κ1) is 24.1. The first-order valence-corrected chi connectivity index (χ1v) is 9.10. The Kier molecular flexibility index (Phi) is 11.5. The Morgan fingerprint density at radius 1 is 1.23 bits per heavy atom. The molecular weight excluding hydrogens is 336 g/mol. The van der Waals surface area contributed by atoms with Crippen molar-refractivity contribution in [2.75, 3.05) is 13.7 Å². The number of aliphatic hydroxyl groups excluding tert-OH is 1. The number of hydrogen-bond acceptors (Lipinski definition) is 6. The SMILES string of the molecule is CC.CCCC(CC)COC(=O)C(O)(C=O)C(O)c1ccc(OC)cc1. The molecule has 0 bridgehead atoms. The number of carbonyl (C=O) groups is 2. The maximum absolute atomic E-state index is 12.2. The third kappa shape index (κ3) is 6.42. The first-order valence-electron chi connectivity index (χ1n) is 9.10. The molecule has 0 aromatic heterocycles. The van der Waals surface area contributed by atoms with Crippen LogP contribution in [-0.4, -0.2) is 41.8 Å². The summed E-state index contributed by atoms with van der Waals surface area (Å²) < 4.78 is 10.1. The second kappa shape index (κ2) is 12.4. The van der Waals surface area contributed by atoms with Gasteiger partial charge >= 0.3 is 5.97 Å². The lowest BCUT2D eigenvalue weighted by Crippen LogP contribution is -2.47. The van der Waals surface area contributed by atoms with E-state index in [1.807, 2.05) is 27.7 Å². The summed E-state index contributed by atoms with van der Waals surface area (Å²) in [5.74, 6) is -0.433. The summed E-state index contributed by atoms with van der Waals surface area (Å²) in [6, 6.07) is 6.06. The molecule has 3 atom stereocenters. The van der Waals surface area contributed by atoms with Crippen molar-refractivity contribution in [2.24, 2.45) is 5.92 Å². The van der Waals surface area contributed by atoms with Crippen LogP contribution in [0.15, 0.2) is 24.3 Å². The van der Waals surface area contributed by atoms with E-state index in [9.17, 15) is 19.8 Å². The van der Waals surface area contributed by atoms with Gasteiger partial charge in [0.25, 0.3) is 0 Å². The fourth-order valence-electron chi connectivity index (χ4n) is 2.39. The number of hydrogen-bond donors (Lipinski definition) is 2. The number of methoxy groups -OCH3 is 1. The number of rotatable bonds is 10. The molecule has 1 rings (SSSR count). The van der Waals surface area contributed by atoms with Crippen LogP contribution in [0.5, 0.6) is 5.75 Å². The van der Waals surface area contributed by atoms with E-state index in [-0.39, 0.29) is 24.4 Å². The smallest absolute Gasteiger partial charge is 0.348 e. The Morgan fingerprint density at radius 2 is 1.81 bits per heavy atom. The zero-order chi connectivity index (χ0) is 20.2. The summed E-state index contributed by atoms with van der Waals surface area (Å²) in [6.07, 6.45) is 0.944. The fraction of sp³-hybridized carbons (Fsp3) is 0.600. The Labute approximate surface area is 156 Å². The van der Waals surface area contributed by atoms with E-state index in [1.165, 1.54) is 19.2 Å². The van der Waals surface area contributed by atoms with Crippen LogP contribution in [0.3, 0.4) is 0 Å². The van der Waals surface area contributed by atoms with Crippen LogP contribution in [0.1, 0.15) is 58.6 Å². The Morgan fingerprint density at radius 3 is 2.23 bits per heavy atom. The molecule has 0 radical (unpaired) electrons. The van der Waals surface area contributed by atoms with Gasteiger partial charge in [0, 0.05) is 0 Å². The van der Waals surface area contributed by atoms with Crippen molar-refractivity contribution < 1.29 is 29.3 Å². The van der Waals surface area contributed by atoms with E-state index in [2.05, 4.69) is 0 Å². The van der Waals surface area contributed by atoms with Crippen LogP contribution in [0.4, 0.5) is 0 Å². The lowest BCUT2D eigenvalue weighted by atomic mass is 9.92. The number of benzene rings is 1. The van der Waals surface area contributed by atoms with E-state index >= 15 is 0 Å². The third-order valence-electron chi connectivity index (χ3n) is 4.08. The van der Waals surface area contributed by atoms with Crippen LogP contribution >= 0.6 is 0 Å². The third-order valence-corrected chi connectivity index (χ3v) is 4.08. The molecule has 26 heavy (non-hydrogen) atoms. The Hall–Kier alpha value is -1.92. The number of ether oxygens (including phenoxy) is 2. The molecule has 6 nitrogen and oxygen atoms in total. The fourth-order valence-corrected chi connectivity index (χ4v) is 2.39. The monoisotopic (exact) mass is 368 g/mol. The lowest BCUT2D eigenvalue weighted by molar-refractivity contribution is -0.179. The molecule has 1 aromatic rings. The molecule has 0 amide bonds. The lowest BCUT2D eigenvalue weighted by Gasteiger charge is -2.26. The van der Waals surface area contributed by atoms with Gasteiger partial charge in [0.15, 0.2) is 6.29 Å². The normalized spacial score (nSPS) is 14.9. The van der Waals surface area contributed by atoms with E-state index in [4.69, 9.17) is 9.47 Å². The van der Waals surface area contributed by atoms with Gasteiger partial charge in [-0.15, -0.1) is 0 Å². The first-order chi connectivity index (χ1) is 12.4. The molecule has 0 saturated heterocycles. The second-order valence-electron chi connectivity index (χ2n) is 5.78. The van der Waals surface area contributed by atoms with Gasteiger partial charge in [0.05, 0.1) is 13.7 Å². The summed E-state index contributed by atoms with van der Waals surface area (Å²) in [5, 5.41) is 20.6. The molecule has 1 aromatic carbocycles. The highest BCUT2D eigenvalue weighted by molar-refractivity contribution is 5.97. The second-order valence-corrected chi connectivity index (χ2v) is 5.78. The minimum absolute atomic E-state index is 0.0189. The van der Waals surface area contributed by atoms with E-state index in [0.29, 0.717) is 5.75 Å². The molecule has 148 valence electrons. The average Bonchev–Trinajstić information content (AvgIpc) is 2.71. The Balaban J connectivity index is 0.00000301. The van der Waals surface area contributed by atoms with Gasteiger partial charge in [0.2, 0.25) is 5.60 Å². The maximum Gasteiger partial charge on any atom is 0.348 e. The molecule has 2 N–H and O–H groups in total. The largest absolute Gasteiger partial charge is 0.497 e. The van der Waals surface area contributed by atoms with Gasteiger partial charge in [-0.3, -0.25) is 4.79 Å². The molecule has 0 aliphatic carbocycles. The van der Waals surface area contributed by atoms with Crippen molar-refractivity contribution in [1.29, 1.82) is 0 Å². The standard InChI is InChI=1S/C18H26O6.C2H6/c1-4-6-13(5-2)11-24-17(21)18(22,12-19)16(20)14-7-9-15(23-3)10-8-14;1-2/h7-10,12-13,16,20,22H,4-6,11H2,1-3H3;1-2H3. The molecule has 0 aliphatic rings. The van der Waals surface area contributed by atoms with Gasteiger partial charge < -0.3 is 19.7 Å². The minimum Gasteiger partial charge on any atom is -0.497 e. The number of aliphatic hydroxyl groups is 2. The van der Waals surface area contributed by atoms with E-state index in [1.54, 1.807) is 12.1 Å². The van der Waals surface area contributed by atoms with Crippen molar-refractivity contribution in [1.82, 2.24) is 0 Å². The van der Waals surface area contributed by atoms with Crippen molar-refractivity contribution >= 4 is 12.3 Å². The zero-order valence-electron chi connectivity index (χ0n) is 16.4. The van der Waals surface area contributed by atoms with Crippen LogP contribution in [-0.2, 0) is 14.3 Å². The number of esters is 1. The van der Waals surface area contributed by atoms with E-state index < -0.39 is 17.7 Å². The number of aldehydes is 1. The molecule has 0 saturated carbocycles. The van der Waals surface area contributed by atoms with Gasteiger partial charge in [-0.05, 0) is 30.0 Å². The van der Waals surface area contributed by atoms with Crippen molar-refractivity contribution in [2.45, 2.75) is 58.7 Å². The molecule has 0 spiro atoms. The number of carbonyl (C=O) groups excluding carboxylic acids is 2. The van der Waals surface area contributed by atoms with Crippen LogP contribution in [0.25, 0.3) is 0 Å². The van der Waals surface area contributed by atoms with Crippen LogP contribution in [0.2, 0.25) is 0 Å². The summed E-state index contributed by atoms with van der Waals surface area (Å²) >= 11 is 0. The maximum atomic E-state index is 12.2. The molecular formula is C20H32O6. The predicted octanol–water partition coefficient (Wildman–Crippen LogP) is 3.05. The topological polar surface area (TPSA) is 93.1 Å². The highest BCUT2D eigenvalue weighted by atomic mass is 16.6. The molecule has 6 heteroatoms. The predicted molar refractivity (Wildman–Crippen MR) is 100.0 cm³/mol. The molecule has 0 fully saturated rings. The van der Waals surface area contributed by atoms with Crippen molar-refractivity contribution in [3.8, 4) is 5.75 Å². The minimum atomic E-state index is -2.64. The van der Waals surface area contributed by atoms with Gasteiger partial charge in [0.1, 0.15) is 11.9 Å². The van der Waals surface area contributed by atoms with E-state index in [0.717, 1.165) is 19.3 Å². The highest BCUT2D eigenvalue weighted by Crippen LogP contribution is 2.28. The van der Waals surface area contributed by atoms with Crippen LogP contribution < -0.4 is 4.74 Å². The van der Waals surface area contributed by atoms with Crippen LogP contribution in [0, 0.1) is 5.92 Å². The van der Waals surface area contributed by atoms with Crippen molar-refractivity contribution in [3.05, 3.63) is 29.8 Å². The highest BCUT2D eigenvalue weighted by Gasteiger charge is 2.46. The zero-order valence-corrected chi connectivity index (χ0v) is 16.4. The average molecular weight is 368 g/mol. The molecule has 0 aliphatic heterocycles. The summed E-state index contributed by atoms with van der Waals surface area (Å²) in [5.41, 5.74) is -2.43. The van der Waals surface area contributed by atoms with Crippen molar-refractivity contribution in [3.63, 3.8) is 0 Å². The van der Waals surface area contributed by atoms with Gasteiger partial charge in [-0.2, -0.15) is 0 Å².